The zero-order chi connectivity index (χ0) is 8.15. The number of carbonyl (C=O) groups is 1. The molecule has 0 fully saturated rings. The molecule has 0 saturated heterocycles. The van der Waals surface area contributed by atoms with Crippen LogP contribution in [-0.4, -0.2) is 68.1 Å². The first-order valence-electron chi connectivity index (χ1n) is 3.29. The van der Waals surface area contributed by atoms with Crippen LogP contribution in [0.1, 0.15) is 26.7 Å². The zero-order valence-corrected chi connectivity index (χ0v) is 6.16. The van der Waals surface area contributed by atoms with E-state index in [4.69, 9.17) is 0 Å². The number of ketones is 1. The first-order chi connectivity index (χ1) is 4.63. The molecule has 1 atom stereocenters. The van der Waals surface area contributed by atoms with Crippen LogP contribution < -0.4 is 0 Å². The summed E-state index contributed by atoms with van der Waals surface area (Å²) in [4.78, 5) is 20.3. The van der Waals surface area contributed by atoms with E-state index in [0.717, 1.165) is 0 Å². The molecule has 0 N–H and O–H groups in total. The monoisotopic (exact) mass is 185 g/mol. The van der Waals surface area contributed by atoms with Gasteiger partial charge in [-0.15, -0.1) is 0 Å². The molecule has 5 heteroatoms. The molecule has 60 valence electrons. The van der Waals surface area contributed by atoms with Gasteiger partial charge in [0.25, 0.3) is 6.04 Å². The summed E-state index contributed by atoms with van der Waals surface area (Å²) in [5.41, 5.74) is 0. The maximum absolute atomic E-state index is 10.7. The Morgan fingerprint density at radius 2 is 2.00 bits per heavy atom. The Labute approximate surface area is 108 Å². The van der Waals surface area contributed by atoms with E-state index in [1.165, 1.54) is 0 Å². The van der Waals surface area contributed by atoms with Crippen molar-refractivity contribution < 1.29 is 9.72 Å². The molecule has 4 nitrogen and oxygen atoms in total. The minimum atomic E-state index is -0.981. The van der Waals surface area contributed by atoms with E-state index in [1.807, 2.05) is 0 Å². The molecular weight excluding hydrogens is 173 g/mol. The Kier molecular flexibility index (Phi) is 9.53. The molecule has 0 radical (unpaired) electrons. The molecular formula is C6H12KNO3. The van der Waals surface area contributed by atoms with Crippen LogP contribution in [-0.2, 0) is 4.79 Å². The molecule has 0 aromatic heterocycles. The fraction of sp³-hybridized carbons (Fsp3) is 0.833. The third-order valence-corrected chi connectivity index (χ3v) is 1.36. The van der Waals surface area contributed by atoms with Crippen LogP contribution in [0.15, 0.2) is 0 Å². The van der Waals surface area contributed by atoms with Crippen molar-refractivity contribution in [2.45, 2.75) is 32.7 Å². The van der Waals surface area contributed by atoms with Crippen LogP contribution in [0.4, 0.5) is 0 Å². The minimum absolute atomic E-state index is 0. The molecule has 0 aliphatic carbocycles. The van der Waals surface area contributed by atoms with E-state index >= 15 is 0 Å². The van der Waals surface area contributed by atoms with E-state index in [-0.39, 0.29) is 63.6 Å². The SMILES string of the molecule is CCC(=O)C(CC)[N+](=O)[O-].[KH]. The number of Topliss-reactive ketones (excluding diaryl/α,β-unsaturated/α-hetero) is 1. The van der Waals surface area contributed by atoms with Crippen LogP contribution >= 0.6 is 0 Å². The van der Waals surface area contributed by atoms with E-state index < -0.39 is 11.0 Å². The van der Waals surface area contributed by atoms with Crippen molar-refractivity contribution >= 4 is 57.2 Å². The number of nitro groups is 1. The van der Waals surface area contributed by atoms with Gasteiger partial charge in [-0.2, -0.15) is 0 Å². The molecule has 0 heterocycles. The number of nitrogens with zero attached hydrogens (tertiary/aromatic N) is 1. The van der Waals surface area contributed by atoms with E-state index in [2.05, 4.69) is 0 Å². The van der Waals surface area contributed by atoms with Gasteiger partial charge < -0.3 is 0 Å². The third-order valence-electron chi connectivity index (χ3n) is 1.36. The second-order valence-electron chi connectivity index (χ2n) is 2.03. The summed E-state index contributed by atoms with van der Waals surface area (Å²) in [6.45, 7) is 3.27. The summed E-state index contributed by atoms with van der Waals surface area (Å²) >= 11 is 0. The Bertz CT molecular complexity index is 149. The van der Waals surface area contributed by atoms with E-state index in [1.54, 1.807) is 13.8 Å². The average molecular weight is 185 g/mol. The van der Waals surface area contributed by atoms with Crippen molar-refractivity contribution in [1.29, 1.82) is 0 Å². The van der Waals surface area contributed by atoms with Crippen molar-refractivity contribution in [1.82, 2.24) is 0 Å². The van der Waals surface area contributed by atoms with Gasteiger partial charge in [0.15, 0.2) is 0 Å². The number of rotatable bonds is 4. The van der Waals surface area contributed by atoms with Gasteiger partial charge in [0.1, 0.15) is 0 Å². The first-order valence-corrected chi connectivity index (χ1v) is 3.29. The number of carbonyl (C=O) groups excluding carboxylic acids is 1. The van der Waals surface area contributed by atoms with Crippen LogP contribution in [0, 0.1) is 10.1 Å². The van der Waals surface area contributed by atoms with Crippen LogP contribution in [0.25, 0.3) is 0 Å². The molecule has 0 amide bonds. The van der Waals surface area contributed by atoms with Gasteiger partial charge in [0, 0.05) is 17.8 Å². The van der Waals surface area contributed by atoms with Crippen molar-refractivity contribution in [2.24, 2.45) is 0 Å². The Morgan fingerprint density at radius 1 is 1.55 bits per heavy atom. The number of hydrogen-bond donors (Lipinski definition) is 0. The first kappa shape index (κ1) is 14.2. The van der Waals surface area contributed by atoms with Crippen LogP contribution in [0.5, 0.6) is 0 Å². The van der Waals surface area contributed by atoms with Gasteiger partial charge >= 0.3 is 51.4 Å². The molecule has 1 unspecified atom stereocenters. The van der Waals surface area contributed by atoms with Crippen molar-refractivity contribution in [3.8, 4) is 0 Å². The summed E-state index contributed by atoms with van der Waals surface area (Å²) in [5, 5.41) is 10.1. The van der Waals surface area contributed by atoms with Crippen LogP contribution in [0.3, 0.4) is 0 Å². The van der Waals surface area contributed by atoms with Gasteiger partial charge in [0.05, 0.1) is 0 Å². The van der Waals surface area contributed by atoms with Gasteiger partial charge in [-0.1, -0.05) is 13.8 Å². The molecule has 0 aromatic carbocycles. The molecule has 0 aliphatic heterocycles. The summed E-state index contributed by atoms with van der Waals surface area (Å²) < 4.78 is 0. The third kappa shape index (κ3) is 5.03. The summed E-state index contributed by atoms with van der Waals surface area (Å²) in [5.74, 6) is -0.285. The molecule has 0 spiro atoms. The quantitative estimate of drug-likeness (QED) is 0.361. The number of hydrogen-bond acceptors (Lipinski definition) is 3. The Balaban J connectivity index is 0. The predicted octanol–water partition coefficient (Wildman–Crippen LogP) is 0.372. The average Bonchev–Trinajstić information content (AvgIpc) is 1.88. The Morgan fingerprint density at radius 3 is 2.09 bits per heavy atom. The predicted molar refractivity (Wildman–Crippen MR) is 43.5 cm³/mol. The zero-order valence-electron chi connectivity index (χ0n) is 6.16. The van der Waals surface area contributed by atoms with Gasteiger partial charge in [0.2, 0.25) is 5.78 Å². The molecule has 11 heavy (non-hydrogen) atoms. The van der Waals surface area contributed by atoms with Gasteiger partial charge in [-0.25, -0.2) is 0 Å². The van der Waals surface area contributed by atoms with Crippen molar-refractivity contribution in [3.63, 3.8) is 0 Å². The molecule has 0 bridgehead atoms. The van der Waals surface area contributed by atoms with Gasteiger partial charge in [-0.05, 0) is 0 Å². The normalized spacial score (nSPS) is 11.5. The summed E-state index contributed by atoms with van der Waals surface area (Å²) in [6, 6.07) is -0.981. The summed E-state index contributed by atoms with van der Waals surface area (Å²) in [6.07, 6.45) is 0.541. The van der Waals surface area contributed by atoms with Gasteiger partial charge in [-0.3, -0.25) is 14.9 Å². The fourth-order valence-corrected chi connectivity index (χ4v) is 0.730. The van der Waals surface area contributed by atoms with Crippen LogP contribution in [0.2, 0.25) is 0 Å². The van der Waals surface area contributed by atoms with Crippen molar-refractivity contribution in [2.75, 3.05) is 0 Å². The molecule has 0 rings (SSSR count). The standard InChI is InChI=1S/C6H11NO3.K.H/c1-3-5(7(9)10)6(8)4-2;;/h5H,3-4H2,1-2H3;;. The van der Waals surface area contributed by atoms with Crippen molar-refractivity contribution in [3.05, 3.63) is 10.1 Å². The van der Waals surface area contributed by atoms with E-state index in [9.17, 15) is 14.9 Å². The molecule has 0 aliphatic rings. The molecule has 0 saturated carbocycles. The second kappa shape index (κ2) is 7.36. The molecule has 0 aromatic rings. The Hall–Kier alpha value is 0.706. The second-order valence-corrected chi connectivity index (χ2v) is 2.03. The summed E-state index contributed by atoms with van der Waals surface area (Å²) in [7, 11) is 0. The van der Waals surface area contributed by atoms with E-state index in [0.29, 0.717) is 6.42 Å². The maximum atomic E-state index is 10.7. The fourth-order valence-electron chi connectivity index (χ4n) is 0.730. The topological polar surface area (TPSA) is 60.2 Å².